The molecule has 1 aromatic heterocycles. The van der Waals surface area contributed by atoms with E-state index < -0.39 is 19.7 Å². The highest BCUT2D eigenvalue weighted by Gasteiger charge is 2.79. The van der Waals surface area contributed by atoms with Crippen LogP contribution in [-0.4, -0.2) is 24.7 Å². The minimum atomic E-state index is -6.12. The maximum atomic E-state index is 12.2. The molecule has 0 fully saturated rings. The van der Waals surface area contributed by atoms with E-state index in [9.17, 15) is 40.3 Å². The third-order valence-corrected chi connectivity index (χ3v) is 3.06. The molecular formula is C8H4F8I2N2O. The van der Waals surface area contributed by atoms with Crippen LogP contribution >= 0.6 is 45.2 Å². The molecule has 0 radical (unpaired) electrons. The Morgan fingerprint density at radius 1 is 0.762 bits per heavy atom. The highest BCUT2D eigenvalue weighted by atomic mass is 127. The highest BCUT2D eigenvalue weighted by molar-refractivity contribution is 14.1. The van der Waals surface area contributed by atoms with Gasteiger partial charge in [0.25, 0.3) is 0 Å². The van der Waals surface area contributed by atoms with Gasteiger partial charge in [-0.3, -0.25) is 4.98 Å². The zero-order chi connectivity index (χ0) is 17.1. The molecule has 122 valence electrons. The van der Waals surface area contributed by atoms with Gasteiger partial charge in [0.05, 0.1) is 12.4 Å². The predicted octanol–water partition coefficient (Wildman–Crippen LogP) is 4.03. The number of rotatable bonds is 3. The first-order valence-corrected chi connectivity index (χ1v) is 6.68. The summed E-state index contributed by atoms with van der Waals surface area (Å²) >= 11 is -0.631. The van der Waals surface area contributed by atoms with E-state index in [4.69, 9.17) is 0 Å². The second-order valence-electron chi connectivity index (χ2n) is 3.25. The smallest absolute Gasteiger partial charge is 0.388 e. The van der Waals surface area contributed by atoms with Crippen molar-refractivity contribution in [1.82, 2.24) is 4.98 Å². The lowest BCUT2D eigenvalue weighted by molar-refractivity contribution is -0.606. The van der Waals surface area contributed by atoms with Crippen LogP contribution in [0.1, 0.15) is 0 Å². The summed E-state index contributed by atoms with van der Waals surface area (Å²) < 4.78 is 86.8. The number of hydrogen-bond donors (Lipinski definition) is 0. The van der Waals surface area contributed by atoms with Crippen LogP contribution in [0.4, 0.5) is 35.1 Å². The molecule has 13 heteroatoms. The van der Waals surface area contributed by atoms with Crippen molar-refractivity contribution in [2.75, 3.05) is 0 Å². The topological polar surface area (TPSA) is 39.8 Å². The van der Waals surface area contributed by atoms with Crippen molar-refractivity contribution in [2.24, 2.45) is 0 Å². The fraction of sp³-hybridized carbons (Fsp3) is 0.500. The lowest BCUT2D eigenvalue weighted by Gasteiger charge is -2.31. The van der Waals surface area contributed by atoms with Gasteiger partial charge in [0.2, 0.25) is 0 Å². The van der Waals surface area contributed by atoms with Gasteiger partial charge in [-0.15, -0.1) is 0 Å². The number of halogens is 10. The molecule has 21 heavy (non-hydrogen) atoms. The molecular weight excluding hydrogens is 546 g/mol. The number of nitrogens with zero attached hydrogens (tertiary/aromatic N) is 2. The number of hydrogen-bond acceptors (Lipinski definition) is 2. The monoisotopic (exact) mass is 550 g/mol. The van der Waals surface area contributed by atoms with E-state index in [0.717, 1.165) is 0 Å². The Morgan fingerprint density at radius 2 is 1.05 bits per heavy atom. The van der Waals surface area contributed by atoms with Gasteiger partial charge < -0.3 is 5.21 Å². The summed E-state index contributed by atoms with van der Waals surface area (Å²) in [5.41, 5.74) is 0. The Bertz CT molecular complexity index is 424. The molecule has 3 nitrogen and oxygen atoms in total. The Balaban J connectivity index is 0.000000471. The molecule has 0 aliphatic heterocycles. The van der Waals surface area contributed by atoms with Crippen LogP contribution in [0.3, 0.4) is 0 Å². The molecule has 0 N–H and O–H groups in total. The molecule has 0 aliphatic carbocycles. The van der Waals surface area contributed by atoms with Crippen molar-refractivity contribution in [3.8, 4) is 0 Å². The molecule has 1 rings (SSSR count). The van der Waals surface area contributed by atoms with Crippen LogP contribution in [0.5, 0.6) is 0 Å². The quantitative estimate of drug-likeness (QED) is 0.188. The zero-order valence-corrected chi connectivity index (χ0v) is 13.7. The summed E-state index contributed by atoms with van der Waals surface area (Å²) in [4.78, 5) is 3.62. The van der Waals surface area contributed by atoms with E-state index in [0.29, 0.717) is 4.73 Å². The van der Waals surface area contributed by atoms with Gasteiger partial charge in [-0.2, -0.15) is 39.9 Å². The summed E-state index contributed by atoms with van der Waals surface area (Å²) in [6, 6.07) is 0. The van der Waals surface area contributed by atoms with Crippen LogP contribution in [0.25, 0.3) is 0 Å². The zero-order valence-electron chi connectivity index (χ0n) is 9.39. The van der Waals surface area contributed by atoms with E-state index in [1.54, 1.807) is 0 Å². The summed E-state index contributed by atoms with van der Waals surface area (Å²) in [5.74, 6) is -12.2. The van der Waals surface area contributed by atoms with Crippen molar-refractivity contribution in [1.29, 1.82) is 0 Å². The van der Waals surface area contributed by atoms with E-state index in [1.807, 2.05) is 0 Å². The normalized spacial score (nSPS) is 13.4. The largest absolute Gasteiger partial charge is 0.619 e. The average Bonchev–Trinajstić information content (AvgIpc) is 2.27. The summed E-state index contributed by atoms with van der Waals surface area (Å²) in [6.07, 6.45) is 5.54. The van der Waals surface area contributed by atoms with Crippen molar-refractivity contribution < 1.29 is 39.9 Å². The maximum absolute atomic E-state index is 12.2. The van der Waals surface area contributed by atoms with Gasteiger partial charge in [0, 0.05) is 45.2 Å². The van der Waals surface area contributed by atoms with Crippen molar-refractivity contribution in [3.63, 3.8) is 0 Å². The molecule has 0 aliphatic rings. The summed E-state index contributed by atoms with van der Waals surface area (Å²) in [5, 5.41) is 10.1. The maximum Gasteiger partial charge on any atom is 0.388 e. The van der Waals surface area contributed by atoms with Gasteiger partial charge in [-0.25, -0.2) is 0 Å². The van der Waals surface area contributed by atoms with Crippen LogP contribution in [-0.2, 0) is 0 Å². The van der Waals surface area contributed by atoms with Gasteiger partial charge in [0.15, 0.2) is 12.4 Å². The average molecular weight is 550 g/mol. The minimum Gasteiger partial charge on any atom is -0.619 e. The molecule has 0 saturated carbocycles. The van der Waals surface area contributed by atoms with E-state index >= 15 is 0 Å². The molecule has 1 heterocycles. The van der Waals surface area contributed by atoms with E-state index in [1.165, 1.54) is 24.8 Å². The number of aromatic nitrogens is 2. The lowest BCUT2D eigenvalue weighted by Crippen LogP contribution is -2.58. The highest BCUT2D eigenvalue weighted by Crippen LogP contribution is 2.56. The summed E-state index contributed by atoms with van der Waals surface area (Å²) in [6.45, 7) is 0. The van der Waals surface area contributed by atoms with E-state index in [-0.39, 0.29) is 45.2 Å². The van der Waals surface area contributed by atoms with Crippen LogP contribution < -0.4 is 4.73 Å². The molecule has 0 unspecified atom stereocenters. The van der Waals surface area contributed by atoms with Gasteiger partial charge in [-0.05, 0) is 0 Å². The first-order valence-electron chi connectivity index (χ1n) is 4.52. The summed E-state index contributed by atoms with van der Waals surface area (Å²) in [7, 11) is 0. The Hall–Kier alpha value is -0.220. The number of alkyl halides is 10. The van der Waals surface area contributed by atoms with Crippen LogP contribution in [0, 0.1) is 5.21 Å². The molecule has 0 aromatic carbocycles. The fourth-order valence-electron chi connectivity index (χ4n) is 0.664. The van der Waals surface area contributed by atoms with Crippen molar-refractivity contribution >= 4 is 45.2 Å². The van der Waals surface area contributed by atoms with Gasteiger partial charge >= 0.3 is 19.7 Å². The fourth-order valence-corrected chi connectivity index (χ4v) is 1.34. The Labute approximate surface area is 139 Å². The molecule has 0 atom stereocenters. The minimum absolute atomic E-state index is 0.315. The second kappa shape index (κ2) is 6.91. The lowest BCUT2D eigenvalue weighted by atomic mass is 10.2. The predicted molar refractivity (Wildman–Crippen MR) is 71.0 cm³/mol. The van der Waals surface area contributed by atoms with Crippen LogP contribution in [0.15, 0.2) is 24.8 Å². The van der Waals surface area contributed by atoms with Crippen LogP contribution in [0.2, 0.25) is 0 Å². The molecule has 0 bridgehead atoms. The van der Waals surface area contributed by atoms with Gasteiger partial charge in [0.1, 0.15) is 0 Å². The second-order valence-corrected chi connectivity index (χ2v) is 5.96. The Kier molecular flexibility index (Phi) is 6.83. The van der Waals surface area contributed by atoms with Crippen molar-refractivity contribution in [3.05, 3.63) is 30.0 Å². The SMILES string of the molecule is FC(F)(I)C(F)(F)C(F)(F)C(F)(F)I.[O-][n+]1ccncc1. The third kappa shape index (κ3) is 5.17. The first-order chi connectivity index (χ1) is 9.14. The standard InChI is InChI=1S/C4F8I2.C4H4N2O/c5-1(6,3(9,10)13)2(7,8)4(11,12)14;7-6-3-1-5-2-4-6/h;1-4H. The molecule has 1 aromatic rings. The van der Waals surface area contributed by atoms with Crippen molar-refractivity contribution in [2.45, 2.75) is 19.7 Å². The van der Waals surface area contributed by atoms with Gasteiger partial charge in [-0.1, -0.05) is 0 Å². The Morgan fingerprint density at radius 3 is 1.19 bits per heavy atom. The molecule has 0 saturated heterocycles. The first kappa shape index (κ1) is 20.8. The molecule has 0 spiro atoms. The van der Waals surface area contributed by atoms with E-state index in [2.05, 4.69) is 4.98 Å². The third-order valence-electron chi connectivity index (χ3n) is 1.71. The molecule has 0 amide bonds.